The van der Waals surface area contributed by atoms with Gasteiger partial charge in [0.05, 0.1) is 0 Å². The Labute approximate surface area is 151 Å². The second-order valence-electron chi connectivity index (χ2n) is 5.38. The van der Waals surface area contributed by atoms with Crippen LogP contribution in [0.15, 0.2) is 67.0 Å². The van der Waals surface area contributed by atoms with Crippen molar-refractivity contribution in [2.75, 3.05) is 0 Å². The first kappa shape index (κ1) is 18.2. The summed E-state index contributed by atoms with van der Waals surface area (Å²) in [5.41, 5.74) is 0.639. The van der Waals surface area contributed by atoms with Gasteiger partial charge in [-0.25, -0.2) is 9.97 Å². The first-order valence-corrected chi connectivity index (χ1v) is 7.66. The molecule has 0 fully saturated rings. The third-order valence-corrected chi connectivity index (χ3v) is 3.51. The molecule has 3 aromatic rings. The molecule has 0 bridgehead atoms. The molecular weight excluding hydrogens is 361 g/mol. The van der Waals surface area contributed by atoms with E-state index in [1.165, 1.54) is 12.1 Å². The van der Waals surface area contributed by atoms with Crippen LogP contribution in [0, 0.1) is 0 Å². The van der Waals surface area contributed by atoms with Crippen LogP contribution in [0.1, 0.15) is 20.7 Å². The minimum atomic E-state index is -4.83. The van der Waals surface area contributed by atoms with Crippen molar-refractivity contribution < 1.29 is 27.5 Å². The fraction of sp³-hybridized carbons (Fsp3) is 0.0526. The zero-order valence-corrected chi connectivity index (χ0v) is 13.6. The molecule has 0 N–H and O–H groups in total. The first-order chi connectivity index (χ1) is 12.8. The fourth-order valence-corrected chi connectivity index (χ4v) is 2.32. The van der Waals surface area contributed by atoms with Gasteiger partial charge < -0.3 is 4.74 Å². The number of hydrogen-bond acceptors (Lipinski definition) is 5. The van der Waals surface area contributed by atoms with Crippen molar-refractivity contribution in [3.05, 3.63) is 78.1 Å². The first-order valence-electron chi connectivity index (χ1n) is 7.66. The van der Waals surface area contributed by atoms with Crippen molar-refractivity contribution in [2.45, 2.75) is 6.36 Å². The van der Waals surface area contributed by atoms with E-state index in [-0.39, 0.29) is 11.1 Å². The van der Waals surface area contributed by atoms with Crippen LogP contribution in [0.3, 0.4) is 0 Å². The lowest BCUT2D eigenvalue weighted by atomic mass is 10.00. The Morgan fingerprint density at radius 3 is 2.07 bits per heavy atom. The zero-order valence-electron chi connectivity index (χ0n) is 13.6. The molecule has 0 saturated heterocycles. The zero-order chi connectivity index (χ0) is 19.4. The molecule has 136 valence electrons. The largest absolute Gasteiger partial charge is 0.573 e. The van der Waals surface area contributed by atoms with Gasteiger partial charge >= 0.3 is 6.36 Å². The maximum absolute atomic E-state index is 12.4. The lowest BCUT2D eigenvalue weighted by molar-refractivity contribution is -0.274. The van der Waals surface area contributed by atoms with E-state index in [9.17, 15) is 22.8 Å². The number of rotatable bonds is 5. The lowest BCUT2D eigenvalue weighted by Gasteiger charge is -2.09. The SMILES string of the molecule is O=C(C(=O)c1cccc(-c2ncccn2)c1)c1ccc(OC(F)(F)F)cc1. The van der Waals surface area contributed by atoms with Crippen molar-refractivity contribution in [3.63, 3.8) is 0 Å². The normalized spacial score (nSPS) is 11.1. The van der Waals surface area contributed by atoms with Crippen LogP contribution < -0.4 is 4.74 Å². The summed E-state index contributed by atoms with van der Waals surface area (Å²) in [4.78, 5) is 32.9. The maximum Gasteiger partial charge on any atom is 0.573 e. The number of ether oxygens (including phenoxy) is 1. The average molecular weight is 372 g/mol. The van der Waals surface area contributed by atoms with Gasteiger partial charge in [-0.3, -0.25) is 9.59 Å². The summed E-state index contributed by atoms with van der Waals surface area (Å²) in [6, 6.07) is 12.0. The number of aromatic nitrogens is 2. The Morgan fingerprint density at radius 1 is 0.815 bits per heavy atom. The van der Waals surface area contributed by atoms with Crippen molar-refractivity contribution in [2.24, 2.45) is 0 Å². The number of hydrogen-bond donors (Lipinski definition) is 0. The molecule has 0 aliphatic carbocycles. The number of carbonyl (C=O) groups is 2. The average Bonchev–Trinajstić information content (AvgIpc) is 2.67. The van der Waals surface area contributed by atoms with Gasteiger partial charge in [0.15, 0.2) is 5.82 Å². The molecule has 2 aromatic carbocycles. The van der Waals surface area contributed by atoms with Gasteiger partial charge in [0.25, 0.3) is 0 Å². The summed E-state index contributed by atoms with van der Waals surface area (Å²) in [5.74, 6) is -1.72. The molecule has 27 heavy (non-hydrogen) atoms. The van der Waals surface area contributed by atoms with Crippen LogP contribution in [-0.2, 0) is 0 Å². The van der Waals surface area contributed by atoms with E-state index in [1.807, 2.05) is 0 Å². The number of carbonyl (C=O) groups excluding carboxylic acids is 2. The minimum absolute atomic E-state index is 0.0455. The van der Waals surface area contributed by atoms with E-state index in [2.05, 4.69) is 14.7 Å². The van der Waals surface area contributed by atoms with Crippen molar-refractivity contribution in [1.82, 2.24) is 9.97 Å². The fourth-order valence-electron chi connectivity index (χ4n) is 2.32. The second-order valence-corrected chi connectivity index (χ2v) is 5.38. The van der Waals surface area contributed by atoms with Gasteiger partial charge in [-0.15, -0.1) is 13.2 Å². The minimum Gasteiger partial charge on any atom is -0.406 e. The van der Waals surface area contributed by atoms with Crippen LogP contribution in [0.5, 0.6) is 5.75 Å². The monoisotopic (exact) mass is 372 g/mol. The molecule has 1 heterocycles. The number of alkyl halides is 3. The Bertz CT molecular complexity index is 971. The molecule has 1 aromatic heterocycles. The molecule has 5 nitrogen and oxygen atoms in total. The lowest BCUT2D eigenvalue weighted by Crippen LogP contribution is -2.17. The molecule has 0 spiro atoms. The molecule has 0 saturated carbocycles. The summed E-state index contributed by atoms with van der Waals surface area (Å²) >= 11 is 0. The summed E-state index contributed by atoms with van der Waals surface area (Å²) in [6.45, 7) is 0. The summed E-state index contributed by atoms with van der Waals surface area (Å²) in [6.07, 6.45) is -1.74. The van der Waals surface area contributed by atoms with Gasteiger partial charge in [0.1, 0.15) is 5.75 Å². The van der Waals surface area contributed by atoms with Gasteiger partial charge in [0.2, 0.25) is 11.6 Å². The highest BCUT2D eigenvalue weighted by Gasteiger charge is 2.31. The third kappa shape index (κ3) is 4.55. The number of Topliss-reactive ketones (excluding diaryl/α,β-unsaturated/α-hetero) is 2. The third-order valence-electron chi connectivity index (χ3n) is 3.51. The number of ketones is 2. The van der Waals surface area contributed by atoms with Crippen LogP contribution in [0.25, 0.3) is 11.4 Å². The van der Waals surface area contributed by atoms with Crippen LogP contribution in [0.2, 0.25) is 0 Å². The van der Waals surface area contributed by atoms with E-state index in [0.717, 1.165) is 24.3 Å². The van der Waals surface area contributed by atoms with E-state index < -0.39 is 23.7 Å². The molecule has 0 amide bonds. The van der Waals surface area contributed by atoms with Gasteiger partial charge in [-0.05, 0) is 36.4 Å². The predicted octanol–water partition coefficient (Wildman–Crippen LogP) is 4.11. The number of nitrogens with zero attached hydrogens (tertiary/aromatic N) is 2. The molecule has 0 atom stereocenters. The molecule has 0 aliphatic rings. The second kappa shape index (κ2) is 7.36. The standard InChI is InChI=1S/C19H11F3N2O3/c20-19(21,22)27-15-7-5-12(6-8-15)16(25)17(26)13-3-1-4-14(11-13)18-23-9-2-10-24-18/h1-11H. The predicted molar refractivity (Wildman–Crippen MR) is 89.3 cm³/mol. The number of halogens is 3. The smallest absolute Gasteiger partial charge is 0.406 e. The summed E-state index contributed by atoms with van der Waals surface area (Å²) in [5, 5.41) is 0. The highest BCUT2D eigenvalue weighted by atomic mass is 19.4. The Kier molecular flexibility index (Phi) is 4.98. The molecule has 0 unspecified atom stereocenters. The Morgan fingerprint density at radius 2 is 1.44 bits per heavy atom. The van der Waals surface area contributed by atoms with Crippen molar-refractivity contribution in [1.29, 1.82) is 0 Å². The van der Waals surface area contributed by atoms with Crippen LogP contribution >= 0.6 is 0 Å². The van der Waals surface area contributed by atoms with E-state index in [1.54, 1.807) is 30.6 Å². The molecule has 3 rings (SSSR count). The topological polar surface area (TPSA) is 69.2 Å². The van der Waals surface area contributed by atoms with E-state index in [4.69, 9.17) is 0 Å². The van der Waals surface area contributed by atoms with E-state index in [0.29, 0.717) is 11.4 Å². The van der Waals surface area contributed by atoms with Crippen molar-refractivity contribution >= 4 is 11.6 Å². The van der Waals surface area contributed by atoms with Crippen LogP contribution in [-0.4, -0.2) is 27.9 Å². The van der Waals surface area contributed by atoms with Gasteiger partial charge in [0, 0.05) is 29.1 Å². The molecule has 0 radical (unpaired) electrons. The molecular formula is C19H11F3N2O3. The Hall–Kier alpha value is -3.55. The summed E-state index contributed by atoms with van der Waals surface area (Å²) in [7, 11) is 0. The summed E-state index contributed by atoms with van der Waals surface area (Å²) < 4.78 is 40.3. The van der Waals surface area contributed by atoms with Crippen molar-refractivity contribution in [3.8, 4) is 17.1 Å². The van der Waals surface area contributed by atoms with Crippen LogP contribution in [0.4, 0.5) is 13.2 Å². The highest BCUT2D eigenvalue weighted by molar-refractivity contribution is 6.49. The highest BCUT2D eigenvalue weighted by Crippen LogP contribution is 2.23. The van der Waals surface area contributed by atoms with E-state index >= 15 is 0 Å². The number of benzene rings is 2. The van der Waals surface area contributed by atoms with Gasteiger partial charge in [-0.2, -0.15) is 0 Å². The Balaban J connectivity index is 1.81. The maximum atomic E-state index is 12.4. The molecule has 0 aliphatic heterocycles. The molecule has 8 heteroatoms. The van der Waals surface area contributed by atoms with Gasteiger partial charge in [-0.1, -0.05) is 18.2 Å². The quantitative estimate of drug-likeness (QED) is 0.498.